The molecular formula is C27H22ClN3O5. The summed E-state index contributed by atoms with van der Waals surface area (Å²) >= 11 is 6.11. The first-order valence-corrected chi connectivity index (χ1v) is 11.1. The van der Waals surface area contributed by atoms with E-state index in [1.54, 1.807) is 18.2 Å². The maximum atomic E-state index is 12.7. The Morgan fingerprint density at radius 3 is 2.42 bits per heavy atom. The van der Waals surface area contributed by atoms with E-state index < -0.39 is 11.9 Å². The number of ether oxygens (including phenoxy) is 2. The van der Waals surface area contributed by atoms with Crippen LogP contribution in [0.15, 0.2) is 72.3 Å². The lowest BCUT2D eigenvalue weighted by molar-refractivity contribution is -0.118. The number of amides is 2. The van der Waals surface area contributed by atoms with Crippen molar-refractivity contribution in [3.05, 3.63) is 94.0 Å². The van der Waals surface area contributed by atoms with Gasteiger partial charge in [0.2, 0.25) is 0 Å². The van der Waals surface area contributed by atoms with Crippen LogP contribution in [-0.2, 0) is 14.3 Å². The van der Waals surface area contributed by atoms with E-state index in [0.29, 0.717) is 27.5 Å². The van der Waals surface area contributed by atoms with Crippen LogP contribution in [0.1, 0.15) is 21.5 Å². The number of esters is 1. The highest BCUT2D eigenvalue weighted by molar-refractivity contribution is 6.30. The largest absolute Gasteiger partial charge is 0.483 e. The molecule has 0 aliphatic rings. The lowest BCUT2D eigenvalue weighted by atomic mass is 10.1. The van der Waals surface area contributed by atoms with Crippen LogP contribution in [0.4, 0.5) is 11.4 Å². The maximum Gasteiger partial charge on any atom is 0.337 e. The minimum atomic E-state index is -0.675. The number of methoxy groups -OCH3 is 1. The number of nitriles is 1. The average Bonchev–Trinajstić information content (AvgIpc) is 2.88. The predicted molar refractivity (Wildman–Crippen MR) is 137 cm³/mol. The Morgan fingerprint density at radius 1 is 1.03 bits per heavy atom. The van der Waals surface area contributed by atoms with Gasteiger partial charge in [-0.25, -0.2) is 4.79 Å². The number of nitrogens with one attached hydrogen (secondary N) is 2. The third-order valence-corrected chi connectivity index (χ3v) is 5.21. The van der Waals surface area contributed by atoms with Crippen molar-refractivity contribution in [3.8, 4) is 11.8 Å². The van der Waals surface area contributed by atoms with E-state index >= 15 is 0 Å². The minimum absolute atomic E-state index is 0.219. The number of carbonyl (C=O) groups excluding carboxylic acids is 3. The van der Waals surface area contributed by atoms with Crippen LogP contribution < -0.4 is 15.4 Å². The molecule has 9 heteroatoms. The molecule has 2 amide bonds. The SMILES string of the molecule is COC(=O)c1ccc(NC(=O)/C(C#N)=C\c2cc(Cl)ccc2OCC(=O)Nc2ccccc2C)cc1. The van der Waals surface area contributed by atoms with Crippen LogP contribution in [0.5, 0.6) is 5.75 Å². The van der Waals surface area contributed by atoms with Gasteiger partial charge in [-0.15, -0.1) is 0 Å². The number of hydrogen-bond acceptors (Lipinski definition) is 6. The van der Waals surface area contributed by atoms with Crippen LogP contribution in [0.3, 0.4) is 0 Å². The summed E-state index contributed by atoms with van der Waals surface area (Å²) in [5.41, 5.74) is 2.40. The van der Waals surface area contributed by atoms with E-state index in [-0.39, 0.29) is 23.8 Å². The van der Waals surface area contributed by atoms with Crippen molar-refractivity contribution in [1.82, 2.24) is 0 Å². The van der Waals surface area contributed by atoms with E-state index in [9.17, 15) is 19.6 Å². The average molecular weight is 504 g/mol. The monoisotopic (exact) mass is 503 g/mol. The van der Waals surface area contributed by atoms with Gasteiger partial charge < -0.3 is 20.1 Å². The van der Waals surface area contributed by atoms with E-state index in [0.717, 1.165) is 5.56 Å². The predicted octanol–water partition coefficient (Wildman–Crippen LogP) is 5.00. The summed E-state index contributed by atoms with van der Waals surface area (Å²) in [5, 5.41) is 15.3. The first kappa shape index (κ1) is 26.0. The van der Waals surface area contributed by atoms with Crippen LogP contribution in [0, 0.1) is 18.3 Å². The lowest BCUT2D eigenvalue weighted by Crippen LogP contribution is -2.21. The van der Waals surface area contributed by atoms with Gasteiger partial charge in [-0.3, -0.25) is 9.59 Å². The van der Waals surface area contributed by atoms with Gasteiger partial charge in [0.25, 0.3) is 11.8 Å². The number of rotatable bonds is 8. The Balaban J connectivity index is 1.73. The van der Waals surface area contributed by atoms with Gasteiger partial charge >= 0.3 is 5.97 Å². The summed E-state index contributed by atoms with van der Waals surface area (Å²) in [5.74, 6) is -1.29. The second-order valence-corrected chi connectivity index (χ2v) is 7.96. The molecule has 8 nitrogen and oxygen atoms in total. The van der Waals surface area contributed by atoms with Crippen LogP contribution in [-0.4, -0.2) is 31.5 Å². The first-order chi connectivity index (χ1) is 17.3. The van der Waals surface area contributed by atoms with Crippen molar-refractivity contribution in [1.29, 1.82) is 5.26 Å². The molecule has 36 heavy (non-hydrogen) atoms. The van der Waals surface area contributed by atoms with Crippen molar-refractivity contribution in [2.75, 3.05) is 24.4 Å². The van der Waals surface area contributed by atoms with E-state index in [1.807, 2.05) is 31.2 Å². The molecule has 182 valence electrons. The summed E-state index contributed by atoms with van der Waals surface area (Å²) in [7, 11) is 1.27. The number of benzene rings is 3. The standard InChI is InChI=1S/C27H22ClN3O5/c1-17-5-3-4-6-23(17)31-25(32)16-36-24-12-9-21(28)14-19(24)13-20(15-29)26(33)30-22-10-7-18(8-11-22)27(34)35-2/h3-14H,16H2,1-2H3,(H,30,33)(H,31,32)/b20-13-. The zero-order valence-corrected chi connectivity index (χ0v) is 20.3. The molecule has 0 spiro atoms. The molecule has 0 unspecified atom stereocenters. The summed E-state index contributed by atoms with van der Waals surface area (Å²) in [6.45, 7) is 1.58. The highest BCUT2D eigenvalue weighted by Gasteiger charge is 2.14. The number of hydrogen-bond donors (Lipinski definition) is 2. The van der Waals surface area contributed by atoms with E-state index in [2.05, 4.69) is 15.4 Å². The number of anilines is 2. The second-order valence-electron chi connectivity index (χ2n) is 7.53. The normalized spacial score (nSPS) is 10.7. The zero-order valence-electron chi connectivity index (χ0n) is 19.5. The topological polar surface area (TPSA) is 118 Å². The number of aryl methyl sites for hydroxylation is 1. The Bertz CT molecular complexity index is 1360. The summed E-state index contributed by atoms with van der Waals surface area (Å²) in [6, 6.07) is 19.8. The quantitative estimate of drug-likeness (QED) is 0.254. The van der Waals surface area contributed by atoms with Crippen molar-refractivity contribution in [3.63, 3.8) is 0 Å². The molecule has 0 aliphatic carbocycles. The molecule has 0 bridgehead atoms. The molecule has 0 heterocycles. The lowest BCUT2D eigenvalue weighted by Gasteiger charge is -2.12. The van der Waals surface area contributed by atoms with Gasteiger partial charge in [-0.1, -0.05) is 29.8 Å². The molecule has 0 saturated heterocycles. The zero-order chi connectivity index (χ0) is 26.1. The summed E-state index contributed by atoms with van der Waals surface area (Å²) in [6.07, 6.45) is 1.32. The third-order valence-electron chi connectivity index (χ3n) is 4.98. The summed E-state index contributed by atoms with van der Waals surface area (Å²) < 4.78 is 10.3. The fourth-order valence-corrected chi connectivity index (χ4v) is 3.30. The highest BCUT2D eigenvalue weighted by atomic mass is 35.5. The number of carbonyl (C=O) groups is 3. The van der Waals surface area contributed by atoms with Gasteiger partial charge in [0.1, 0.15) is 17.4 Å². The molecule has 0 aromatic heterocycles. The van der Waals surface area contributed by atoms with Gasteiger partial charge in [0, 0.05) is 22.0 Å². The minimum Gasteiger partial charge on any atom is -0.483 e. The van der Waals surface area contributed by atoms with Gasteiger partial charge in [0.05, 0.1) is 12.7 Å². The Hall–Kier alpha value is -4.61. The second kappa shape index (κ2) is 12.2. The Morgan fingerprint density at radius 2 is 1.75 bits per heavy atom. The van der Waals surface area contributed by atoms with Crippen LogP contribution >= 0.6 is 11.6 Å². The molecule has 3 rings (SSSR count). The fraction of sp³-hybridized carbons (Fsp3) is 0.111. The van der Waals surface area contributed by atoms with Crippen molar-refractivity contribution in [2.45, 2.75) is 6.92 Å². The number of nitrogens with zero attached hydrogens (tertiary/aromatic N) is 1. The third kappa shape index (κ3) is 6.95. The highest BCUT2D eigenvalue weighted by Crippen LogP contribution is 2.26. The molecule has 2 N–H and O–H groups in total. The Kier molecular flexibility index (Phi) is 8.81. The van der Waals surface area contributed by atoms with Crippen LogP contribution in [0.25, 0.3) is 6.08 Å². The van der Waals surface area contributed by atoms with Crippen molar-refractivity contribution in [2.24, 2.45) is 0 Å². The molecule has 3 aromatic rings. The van der Waals surface area contributed by atoms with E-state index in [4.69, 9.17) is 16.3 Å². The van der Waals surface area contributed by atoms with Gasteiger partial charge in [-0.05, 0) is 67.1 Å². The first-order valence-electron chi connectivity index (χ1n) is 10.7. The molecule has 0 atom stereocenters. The smallest absolute Gasteiger partial charge is 0.337 e. The molecule has 0 fully saturated rings. The Labute approximate surface area is 213 Å². The maximum absolute atomic E-state index is 12.7. The molecular weight excluding hydrogens is 482 g/mol. The fourth-order valence-electron chi connectivity index (χ4n) is 3.12. The summed E-state index contributed by atoms with van der Waals surface area (Å²) in [4.78, 5) is 36.6. The van der Waals surface area contributed by atoms with E-state index in [1.165, 1.54) is 43.5 Å². The van der Waals surface area contributed by atoms with Crippen molar-refractivity contribution >= 4 is 46.8 Å². The number of halogens is 1. The molecule has 0 saturated carbocycles. The van der Waals surface area contributed by atoms with Crippen LogP contribution in [0.2, 0.25) is 5.02 Å². The van der Waals surface area contributed by atoms with Crippen molar-refractivity contribution < 1.29 is 23.9 Å². The van der Waals surface area contributed by atoms with Gasteiger partial charge in [-0.2, -0.15) is 5.26 Å². The number of para-hydroxylation sites is 1. The molecule has 0 radical (unpaired) electrons. The molecule has 0 aliphatic heterocycles. The van der Waals surface area contributed by atoms with Gasteiger partial charge in [0.15, 0.2) is 6.61 Å². The molecule has 3 aromatic carbocycles.